The Bertz CT molecular complexity index is 362. The van der Waals surface area contributed by atoms with Gasteiger partial charge < -0.3 is 11.1 Å². The standard InChI is InChI=1S/C14H23N3O/c1-3-9-17(4-2)11-14(18)16-13-7-5-12(10-15)6-8-13/h5-8H,3-4,9-11,15H2,1-2H3,(H,16,18). The maximum absolute atomic E-state index is 11.8. The van der Waals surface area contributed by atoms with Crippen molar-refractivity contribution < 1.29 is 4.79 Å². The number of amides is 1. The molecule has 1 rings (SSSR count). The van der Waals surface area contributed by atoms with Crippen LogP contribution in [0.5, 0.6) is 0 Å². The van der Waals surface area contributed by atoms with Crippen molar-refractivity contribution in [2.75, 3.05) is 25.0 Å². The number of hydrogen-bond donors (Lipinski definition) is 2. The average Bonchev–Trinajstić information content (AvgIpc) is 2.39. The van der Waals surface area contributed by atoms with Crippen LogP contribution in [-0.2, 0) is 11.3 Å². The molecule has 4 heteroatoms. The Kier molecular flexibility index (Phi) is 6.39. The minimum Gasteiger partial charge on any atom is -0.326 e. The molecule has 0 aromatic heterocycles. The van der Waals surface area contributed by atoms with E-state index in [9.17, 15) is 4.79 Å². The summed E-state index contributed by atoms with van der Waals surface area (Å²) < 4.78 is 0. The maximum Gasteiger partial charge on any atom is 0.238 e. The number of nitrogens with zero attached hydrogens (tertiary/aromatic N) is 1. The van der Waals surface area contributed by atoms with Crippen molar-refractivity contribution in [2.24, 2.45) is 5.73 Å². The molecule has 0 fully saturated rings. The van der Waals surface area contributed by atoms with Gasteiger partial charge in [-0.15, -0.1) is 0 Å². The molecule has 1 aromatic carbocycles. The lowest BCUT2D eigenvalue weighted by molar-refractivity contribution is -0.117. The van der Waals surface area contributed by atoms with Gasteiger partial charge in [0.1, 0.15) is 0 Å². The summed E-state index contributed by atoms with van der Waals surface area (Å²) in [6.45, 7) is 7.01. The zero-order valence-electron chi connectivity index (χ0n) is 11.3. The number of rotatable bonds is 7. The maximum atomic E-state index is 11.8. The lowest BCUT2D eigenvalue weighted by Gasteiger charge is -2.18. The van der Waals surface area contributed by atoms with Crippen LogP contribution in [0.25, 0.3) is 0 Å². The summed E-state index contributed by atoms with van der Waals surface area (Å²) in [5, 5.41) is 2.90. The first-order chi connectivity index (χ1) is 8.69. The van der Waals surface area contributed by atoms with E-state index in [4.69, 9.17) is 5.73 Å². The molecule has 0 unspecified atom stereocenters. The molecule has 0 aliphatic carbocycles. The van der Waals surface area contributed by atoms with Crippen LogP contribution in [0, 0.1) is 0 Å². The molecule has 0 bridgehead atoms. The van der Waals surface area contributed by atoms with Gasteiger partial charge in [0.2, 0.25) is 5.91 Å². The topological polar surface area (TPSA) is 58.4 Å². The first-order valence-electron chi connectivity index (χ1n) is 6.50. The van der Waals surface area contributed by atoms with Crippen molar-refractivity contribution in [2.45, 2.75) is 26.8 Å². The zero-order valence-corrected chi connectivity index (χ0v) is 11.3. The lowest BCUT2D eigenvalue weighted by Crippen LogP contribution is -2.33. The van der Waals surface area contributed by atoms with Gasteiger partial charge in [-0.3, -0.25) is 9.69 Å². The van der Waals surface area contributed by atoms with E-state index in [1.54, 1.807) is 0 Å². The molecule has 0 saturated carbocycles. The molecule has 0 heterocycles. The van der Waals surface area contributed by atoms with Crippen LogP contribution in [0.3, 0.4) is 0 Å². The summed E-state index contributed by atoms with van der Waals surface area (Å²) in [6, 6.07) is 7.63. The number of carbonyl (C=O) groups excluding carboxylic acids is 1. The van der Waals surface area contributed by atoms with Crippen molar-refractivity contribution >= 4 is 11.6 Å². The highest BCUT2D eigenvalue weighted by Crippen LogP contribution is 2.09. The highest BCUT2D eigenvalue weighted by molar-refractivity contribution is 5.92. The monoisotopic (exact) mass is 249 g/mol. The fourth-order valence-electron chi connectivity index (χ4n) is 1.79. The Morgan fingerprint density at radius 2 is 1.94 bits per heavy atom. The predicted octanol–water partition coefficient (Wildman–Crippen LogP) is 1.82. The third kappa shape index (κ3) is 4.85. The first kappa shape index (κ1) is 14.7. The van der Waals surface area contributed by atoms with Crippen LogP contribution in [0.15, 0.2) is 24.3 Å². The van der Waals surface area contributed by atoms with Crippen LogP contribution in [0.4, 0.5) is 5.69 Å². The molecule has 4 nitrogen and oxygen atoms in total. The Morgan fingerprint density at radius 3 is 2.44 bits per heavy atom. The van der Waals surface area contributed by atoms with Crippen LogP contribution < -0.4 is 11.1 Å². The van der Waals surface area contributed by atoms with E-state index in [0.717, 1.165) is 30.8 Å². The van der Waals surface area contributed by atoms with Gasteiger partial charge in [-0.1, -0.05) is 26.0 Å². The minimum atomic E-state index is 0.0331. The average molecular weight is 249 g/mol. The van der Waals surface area contributed by atoms with Crippen molar-refractivity contribution in [3.63, 3.8) is 0 Å². The molecule has 3 N–H and O–H groups in total. The van der Waals surface area contributed by atoms with E-state index < -0.39 is 0 Å². The number of carbonyl (C=O) groups is 1. The number of hydrogen-bond acceptors (Lipinski definition) is 3. The fourth-order valence-corrected chi connectivity index (χ4v) is 1.79. The number of likely N-dealkylation sites (N-methyl/N-ethyl adjacent to an activating group) is 1. The normalized spacial score (nSPS) is 10.7. The van der Waals surface area contributed by atoms with Gasteiger partial charge in [-0.25, -0.2) is 0 Å². The van der Waals surface area contributed by atoms with E-state index in [1.165, 1.54) is 0 Å². The number of benzene rings is 1. The van der Waals surface area contributed by atoms with Gasteiger partial charge >= 0.3 is 0 Å². The molecular weight excluding hydrogens is 226 g/mol. The van der Waals surface area contributed by atoms with Gasteiger partial charge in [-0.2, -0.15) is 0 Å². The van der Waals surface area contributed by atoms with Gasteiger partial charge in [0, 0.05) is 12.2 Å². The summed E-state index contributed by atoms with van der Waals surface area (Å²) in [5.74, 6) is 0.0331. The van der Waals surface area contributed by atoms with Crippen molar-refractivity contribution in [1.82, 2.24) is 4.90 Å². The largest absolute Gasteiger partial charge is 0.326 e. The molecular formula is C14H23N3O. The molecule has 1 amide bonds. The summed E-state index contributed by atoms with van der Waals surface area (Å²) >= 11 is 0. The third-order valence-corrected chi connectivity index (χ3v) is 2.83. The SMILES string of the molecule is CCCN(CC)CC(=O)Nc1ccc(CN)cc1. The molecule has 0 aliphatic rings. The van der Waals surface area contributed by atoms with E-state index in [0.29, 0.717) is 13.1 Å². The third-order valence-electron chi connectivity index (χ3n) is 2.83. The molecule has 0 aliphatic heterocycles. The number of nitrogens with one attached hydrogen (secondary N) is 1. The second kappa shape index (κ2) is 7.84. The van der Waals surface area contributed by atoms with Gasteiger partial charge in [0.15, 0.2) is 0 Å². The number of anilines is 1. The molecule has 0 saturated heterocycles. The van der Waals surface area contributed by atoms with Crippen LogP contribution >= 0.6 is 0 Å². The molecule has 1 aromatic rings. The van der Waals surface area contributed by atoms with Crippen molar-refractivity contribution in [3.05, 3.63) is 29.8 Å². The van der Waals surface area contributed by atoms with E-state index in [-0.39, 0.29) is 5.91 Å². The second-order valence-electron chi connectivity index (χ2n) is 4.32. The van der Waals surface area contributed by atoms with E-state index >= 15 is 0 Å². The summed E-state index contributed by atoms with van der Waals surface area (Å²) in [5.41, 5.74) is 7.41. The van der Waals surface area contributed by atoms with Gasteiger partial charge in [0.05, 0.1) is 6.54 Å². The summed E-state index contributed by atoms with van der Waals surface area (Å²) in [6.07, 6.45) is 1.06. The fraction of sp³-hybridized carbons (Fsp3) is 0.500. The molecule has 100 valence electrons. The first-order valence-corrected chi connectivity index (χ1v) is 6.50. The quantitative estimate of drug-likeness (QED) is 0.775. The highest BCUT2D eigenvalue weighted by atomic mass is 16.2. The van der Waals surface area contributed by atoms with Crippen LogP contribution in [0.1, 0.15) is 25.8 Å². The summed E-state index contributed by atoms with van der Waals surface area (Å²) in [7, 11) is 0. The Morgan fingerprint density at radius 1 is 1.28 bits per heavy atom. The second-order valence-corrected chi connectivity index (χ2v) is 4.32. The molecule has 0 radical (unpaired) electrons. The van der Waals surface area contributed by atoms with E-state index in [1.807, 2.05) is 24.3 Å². The van der Waals surface area contributed by atoms with Crippen LogP contribution in [0.2, 0.25) is 0 Å². The van der Waals surface area contributed by atoms with E-state index in [2.05, 4.69) is 24.1 Å². The Hall–Kier alpha value is -1.39. The summed E-state index contributed by atoms with van der Waals surface area (Å²) in [4.78, 5) is 14.0. The predicted molar refractivity (Wildman–Crippen MR) is 75.4 cm³/mol. The van der Waals surface area contributed by atoms with Crippen molar-refractivity contribution in [3.8, 4) is 0 Å². The molecule has 0 spiro atoms. The van der Waals surface area contributed by atoms with Gasteiger partial charge in [-0.05, 0) is 37.2 Å². The number of nitrogens with two attached hydrogens (primary N) is 1. The zero-order chi connectivity index (χ0) is 13.4. The highest BCUT2D eigenvalue weighted by Gasteiger charge is 2.08. The minimum absolute atomic E-state index is 0.0331. The Labute approximate surface area is 109 Å². The van der Waals surface area contributed by atoms with Gasteiger partial charge in [0.25, 0.3) is 0 Å². The van der Waals surface area contributed by atoms with Crippen molar-refractivity contribution in [1.29, 1.82) is 0 Å². The molecule has 0 atom stereocenters. The van der Waals surface area contributed by atoms with Crippen LogP contribution in [-0.4, -0.2) is 30.4 Å². The lowest BCUT2D eigenvalue weighted by atomic mass is 10.2. The molecule has 18 heavy (non-hydrogen) atoms. The smallest absolute Gasteiger partial charge is 0.238 e. The Balaban J connectivity index is 2.47.